The third kappa shape index (κ3) is 6.71. The Morgan fingerprint density at radius 3 is 1.97 bits per heavy atom. The third-order valence-corrected chi connectivity index (χ3v) is 5.28. The predicted octanol–water partition coefficient (Wildman–Crippen LogP) is 5.14. The van der Waals surface area contributed by atoms with Crippen molar-refractivity contribution in [1.82, 2.24) is 15.0 Å². The fraction of sp³-hybridized carbons (Fsp3) is 0.0435. The first-order valence-electron chi connectivity index (χ1n) is 10.2. The zero-order valence-corrected chi connectivity index (χ0v) is 18.8. The Morgan fingerprint density at radius 1 is 0.857 bits per heavy atom. The topological polar surface area (TPSA) is 135 Å². The Labute approximate surface area is 203 Å². The average molecular weight is 492 g/mol. The summed E-state index contributed by atoms with van der Waals surface area (Å²) >= 11 is 1.05. The number of amides is 1. The first-order valence-corrected chi connectivity index (χ1v) is 11.2. The molecule has 3 N–H and O–H groups in total. The Morgan fingerprint density at radius 2 is 1.43 bits per heavy atom. The number of hydrogen-bond acceptors (Lipinski definition) is 9. The molecule has 0 bridgehead atoms. The second-order valence-electron chi connectivity index (χ2n) is 7.01. The van der Waals surface area contributed by atoms with Crippen molar-refractivity contribution in [3.63, 3.8) is 0 Å². The summed E-state index contributed by atoms with van der Waals surface area (Å²) in [5.41, 5.74) is 0.935. The lowest BCUT2D eigenvalue weighted by atomic mass is 10.2. The van der Waals surface area contributed by atoms with E-state index in [1.165, 1.54) is 6.07 Å². The lowest BCUT2D eigenvalue weighted by Crippen LogP contribution is -2.15. The van der Waals surface area contributed by atoms with Gasteiger partial charge in [0.1, 0.15) is 0 Å². The summed E-state index contributed by atoms with van der Waals surface area (Å²) in [5, 5.41) is 19.9. The fourth-order valence-corrected chi connectivity index (χ4v) is 3.53. The number of benzene rings is 3. The number of anilines is 5. The van der Waals surface area contributed by atoms with E-state index in [0.29, 0.717) is 0 Å². The molecule has 3 aromatic carbocycles. The summed E-state index contributed by atoms with van der Waals surface area (Å²) in [6, 6.07) is 21.8. The SMILES string of the molecule is O=C(CSc1nc(Nc2ccccc2)nc(Nc2ccccc2)n1)Nc1ccc(F)c([N+](=O)[O-])c1. The molecule has 0 unspecified atom stereocenters. The number of carbonyl (C=O) groups is 1. The molecule has 0 atom stereocenters. The molecule has 0 radical (unpaired) electrons. The number of nitrogens with zero attached hydrogens (tertiary/aromatic N) is 4. The molecule has 0 aliphatic rings. The highest BCUT2D eigenvalue weighted by molar-refractivity contribution is 7.99. The lowest BCUT2D eigenvalue weighted by molar-refractivity contribution is -0.387. The highest BCUT2D eigenvalue weighted by Crippen LogP contribution is 2.24. The van der Waals surface area contributed by atoms with E-state index in [1.807, 2.05) is 60.7 Å². The number of thioether (sulfide) groups is 1. The van der Waals surface area contributed by atoms with E-state index in [2.05, 4.69) is 30.9 Å². The molecule has 35 heavy (non-hydrogen) atoms. The van der Waals surface area contributed by atoms with Crippen molar-refractivity contribution in [1.29, 1.82) is 0 Å². The Hall–Kier alpha value is -4.58. The first-order chi connectivity index (χ1) is 17.0. The molecule has 0 fully saturated rings. The molecule has 0 spiro atoms. The van der Waals surface area contributed by atoms with Crippen LogP contribution in [0.1, 0.15) is 0 Å². The Bertz CT molecular complexity index is 1280. The third-order valence-electron chi connectivity index (χ3n) is 4.43. The van der Waals surface area contributed by atoms with Gasteiger partial charge in [-0.2, -0.15) is 19.3 Å². The number of halogens is 1. The van der Waals surface area contributed by atoms with Gasteiger partial charge in [0.05, 0.1) is 10.7 Å². The maximum Gasteiger partial charge on any atom is 0.306 e. The van der Waals surface area contributed by atoms with Gasteiger partial charge in [-0.25, -0.2) is 0 Å². The van der Waals surface area contributed by atoms with Crippen molar-refractivity contribution in [3.05, 3.63) is 94.8 Å². The van der Waals surface area contributed by atoms with Crippen molar-refractivity contribution in [3.8, 4) is 0 Å². The molecule has 0 saturated carbocycles. The summed E-state index contributed by atoms with van der Waals surface area (Å²) in [4.78, 5) is 35.6. The summed E-state index contributed by atoms with van der Waals surface area (Å²) in [6.45, 7) is 0. The van der Waals surface area contributed by atoms with E-state index in [4.69, 9.17) is 0 Å². The van der Waals surface area contributed by atoms with Gasteiger partial charge in [-0.05, 0) is 36.4 Å². The number of carbonyl (C=O) groups excluding carboxylic acids is 1. The molecule has 4 rings (SSSR count). The highest BCUT2D eigenvalue weighted by Gasteiger charge is 2.16. The standard InChI is InChI=1S/C23H18FN7O3S/c24-18-12-11-17(13-19(18)31(33)34)25-20(32)14-35-23-29-21(26-15-7-3-1-4-8-15)28-22(30-23)27-16-9-5-2-6-10-16/h1-13H,14H2,(H,25,32)(H2,26,27,28,29,30). The quantitative estimate of drug-likeness (QED) is 0.165. The highest BCUT2D eigenvalue weighted by atomic mass is 32.2. The second-order valence-corrected chi connectivity index (χ2v) is 7.95. The number of nitro groups is 1. The lowest BCUT2D eigenvalue weighted by Gasteiger charge is -2.10. The van der Waals surface area contributed by atoms with Crippen molar-refractivity contribution in [2.45, 2.75) is 5.16 Å². The molecule has 0 aliphatic carbocycles. The Kier molecular flexibility index (Phi) is 7.43. The molecule has 0 aliphatic heterocycles. The van der Waals surface area contributed by atoms with Crippen LogP contribution in [0.2, 0.25) is 0 Å². The van der Waals surface area contributed by atoms with Crippen molar-refractivity contribution in [2.75, 3.05) is 21.7 Å². The van der Waals surface area contributed by atoms with E-state index >= 15 is 0 Å². The van der Waals surface area contributed by atoms with Gasteiger partial charge >= 0.3 is 5.69 Å². The van der Waals surface area contributed by atoms with Crippen LogP contribution in [0.25, 0.3) is 0 Å². The van der Waals surface area contributed by atoms with Crippen LogP contribution in [0.4, 0.5) is 39.0 Å². The minimum atomic E-state index is -0.982. The van der Waals surface area contributed by atoms with Gasteiger partial charge in [-0.3, -0.25) is 14.9 Å². The van der Waals surface area contributed by atoms with Gasteiger partial charge in [0.15, 0.2) is 5.16 Å². The van der Waals surface area contributed by atoms with Gasteiger partial charge in [-0.1, -0.05) is 48.2 Å². The fourth-order valence-electron chi connectivity index (χ4n) is 2.89. The van der Waals surface area contributed by atoms with Gasteiger partial charge in [0, 0.05) is 23.1 Å². The maximum absolute atomic E-state index is 13.5. The summed E-state index contributed by atoms with van der Waals surface area (Å²) in [7, 11) is 0. The largest absolute Gasteiger partial charge is 0.325 e. The molecule has 1 aromatic heterocycles. The molecule has 1 amide bonds. The number of aromatic nitrogens is 3. The maximum atomic E-state index is 13.5. The molecule has 0 saturated heterocycles. The molecule has 10 nitrogen and oxygen atoms in total. The summed E-state index contributed by atoms with van der Waals surface area (Å²) < 4.78 is 13.5. The van der Waals surface area contributed by atoms with E-state index in [9.17, 15) is 19.3 Å². The zero-order chi connectivity index (χ0) is 24.6. The number of para-hydroxylation sites is 2. The zero-order valence-electron chi connectivity index (χ0n) is 18.0. The molecule has 4 aromatic rings. The van der Waals surface area contributed by atoms with E-state index in [1.54, 1.807) is 0 Å². The van der Waals surface area contributed by atoms with Gasteiger partial charge in [0.2, 0.25) is 23.6 Å². The van der Waals surface area contributed by atoms with Crippen molar-refractivity contribution in [2.24, 2.45) is 0 Å². The van der Waals surface area contributed by atoms with Crippen LogP contribution in [0.15, 0.2) is 84.0 Å². The van der Waals surface area contributed by atoms with E-state index in [0.717, 1.165) is 35.3 Å². The normalized spacial score (nSPS) is 10.4. The number of rotatable bonds is 9. The molecular formula is C23H18FN7O3S. The van der Waals surface area contributed by atoms with Crippen LogP contribution in [0.3, 0.4) is 0 Å². The molecule has 1 heterocycles. The van der Waals surface area contributed by atoms with Gasteiger partial charge in [0.25, 0.3) is 0 Å². The molecule has 12 heteroatoms. The average Bonchev–Trinajstić information content (AvgIpc) is 2.85. The van der Waals surface area contributed by atoms with Crippen LogP contribution in [0.5, 0.6) is 0 Å². The van der Waals surface area contributed by atoms with E-state index in [-0.39, 0.29) is 28.5 Å². The van der Waals surface area contributed by atoms with Gasteiger partial charge < -0.3 is 16.0 Å². The smallest absolute Gasteiger partial charge is 0.306 e. The predicted molar refractivity (Wildman–Crippen MR) is 132 cm³/mol. The van der Waals surface area contributed by atoms with Crippen LogP contribution in [-0.2, 0) is 4.79 Å². The Balaban J connectivity index is 1.49. The van der Waals surface area contributed by atoms with E-state index < -0.39 is 22.3 Å². The van der Waals surface area contributed by atoms with Crippen molar-refractivity contribution >= 4 is 52.3 Å². The molecule has 176 valence electrons. The summed E-state index contributed by atoms with van der Waals surface area (Å²) in [5.74, 6) is -0.982. The van der Waals surface area contributed by atoms with Crippen LogP contribution < -0.4 is 16.0 Å². The van der Waals surface area contributed by atoms with Crippen LogP contribution in [0, 0.1) is 15.9 Å². The number of nitrogens with one attached hydrogen (secondary N) is 3. The number of hydrogen-bond donors (Lipinski definition) is 3. The minimum absolute atomic E-state index is 0.0925. The molecular weight excluding hydrogens is 473 g/mol. The van der Waals surface area contributed by atoms with Crippen LogP contribution in [-0.4, -0.2) is 31.5 Å². The first kappa shape index (κ1) is 23.6. The monoisotopic (exact) mass is 491 g/mol. The minimum Gasteiger partial charge on any atom is -0.325 e. The second kappa shape index (κ2) is 11.0. The van der Waals surface area contributed by atoms with Gasteiger partial charge in [-0.15, -0.1) is 0 Å². The van der Waals surface area contributed by atoms with Crippen LogP contribution >= 0.6 is 11.8 Å². The van der Waals surface area contributed by atoms with Crippen molar-refractivity contribution < 1.29 is 14.1 Å². The summed E-state index contributed by atoms with van der Waals surface area (Å²) in [6.07, 6.45) is 0. The number of nitro benzene ring substituents is 1.